The second-order valence-electron chi connectivity index (χ2n) is 5.16. The molecule has 0 heterocycles. The number of hydrogen-bond donors (Lipinski definition) is 1. The maximum absolute atomic E-state index is 13.7. The van der Waals surface area contributed by atoms with Crippen LogP contribution in [0.2, 0.25) is 0 Å². The fourth-order valence-electron chi connectivity index (χ4n) is 3.33. The molecule has 2 aliphatic carbocycles. The van der Waals surface area contributed by atoms with E-state index in [1.165, 1.54) is 0 Å². The fourth-order valence-corrected chi connectivity index (χ4v) is 3.33. The van der Waals surface area contributed by atoms with Crippen LogP contribution >= 0.6 is 0 Å². The molecule has 2 fully saturated rings. The Morgan fingerprint density at radius 2 is 1.78 bits per heavy atom. The van der Waals surface area contributed by atoms with E-state index in [1.54, 1.807) is 0 Å². The molecule has 0 aliphatic heterocycles. The maximum Gasteiger partial charge on any atom is 0.416 e. The van der Waals surface area contributed by atoms with Crippen molar-refractivity contribution in [2.24, 2.45) is 11.8 Å². The zero-order chi connectivity index (χ0) is 13.1. The van der Waals surface area contributed by atoms with Gasteiger partial charge in [-0.25, -0.2) is 4.39 Å². The Balaban J connectivity index is 2.02. The van der Waals surface area contributed by atoms with Crippen molar-refractivity contribution in [3.05, 3.63) is 35.1 Å². The summed E-state index contributed by atoms with van der Waals surface area (Å²) < 4.78 is 51.5. The second-order valence-corrected chi connectivity index (χ2v) is 5.16. The standard InChI is InChI=1S/C13H12F4O/c14-11-5-4-7(13(15,16)17)6-10(11)12(18)8-2-1-3-9(8)12/h4-6,8-9,18H,1-3H2. The quantitative estimate of drug-likeness (QED) is 0.767. The van der Waals surface area contributed by atoms with Gasteiger partial charge in [-0.2, -0.15) is 13.2 Å². The van der Waals surface area contributed by atoms with Crippen LogP contribution in [0, 0.1) is 17.7 Å². The normalized spacial score (nSPS) is 34.5. The molecule has 0 aromatic heterocycles. The lowest BCUT2D eigenvalue weighted by molar-refractivity contribution is -0.137. The lowest BCUT2D eigenvalue weighted by Crippen LogP contribution is -2.17. The number of halogens is 4. The van der Waals surface area contributed by atoms with Crippen molar-refractivity contribution in [3.63, 3.8) is 0 Å². The average molecular weight is 260 g/mol. The van der Waals surface area contributed by atoms with Gasteiger partial charge < -0.3 is 5.11 Å². The smallest absolute Gasteiger partial charge is 0.384 e. The minimum absolute atomic E-state index is 0.0736. The summed E-state index contributed by atoms with van der Waals surface area (Å²) in [5.74, 6) is -0.897. The minimum atomic E-state index is -4.51. The molecule has 0 saturated heterocycles. The summed E-state index contributed by atoms with van der Waals surface area (Å²) in [5, 5.41) is 10.3. The van der Waals surface area contributed by atoms with E-state index >= 15 is 0 Å². The van der Waals surface area contributed by atoms with E-state index in [1.807, 2.05) is 0 Å². The molecule has 3 rings (SSSR count). The molecule has 2 unspecified atom stereocenters. The summed E-state index contributed by atoms with van der Waals surface area (Å²) in [6.07, 6.45) is -2.03. The lowest BCUT2D eigenvalue weighted by atomic mass is 9.96. The molecule has 1 N–H and O–H groups in total. The molecule has 1 aromatic rings. The van der Waals surface area contributed by atoms with Crippen molar-refractivity contribution in [1.82, 2.24) is 0 Å². The molecular formula is C13H12F4O. The Morgan fingerprint density at radius 1 is 1.17 bits per heavy atom. The van der Waals surface area contributed by atoms with E-state index in [-0.39, 0.29) is 17.4 Å². The zero-order valence-electron chi connectivity index (χ0n) is 9.47. The molecule has 1 aromatic carbocycles. The molecule has 5 heteroatoms. The Kier molecular flexibility index (Phi) is 2.31. The topological polar surface area (TPSA) is 20.2 Å². The van der Waals surface area contributed by atoms with Crippen LogP contribution in [0.5, 0.6) is 0 Å². The van der Waals surface area contributed by atoms with E-state index < -0.39 is 23.2 Å². The van der Waals surface area contributed by atoms with Gasteiger partial charge in [0, 0.05) is 5.56 Å². The van der Waals surface area contributed by atoms with E-state index in [0.717, 1.165) is 31.4 Å². The molecule has 18 heavy (non-hydrogen) atoms. The summed E-state index contributed by atoms with van der Waals surface area (Å²) in [6, 6.07) is 2.26. The molecule has 0 radical (unpaired) electrons. The molecule has 2 saturated carbocycles. The van der Waals surface area contributed by atoms with Gasteiger partial charge in [-0.15, -0.1) is 0 Å². The molecule has 1 nitrogen and oxygen atoms in total. The first kappa shape index (κ1) is 12.0. The molecule has 0 bridgehead atoms. The number of alkyl halides is 3. The van der Waals surface area contributed by atoms with Gasteiger partial charge >= 0.3 is 6.18 Å². The number of rotatable bonds is 1. The Labute approximate surface area is 101 Å². The van der Waals surface area contributed by atoms with Gasteiger partial charge in [0.15, 0.2) is 0 Å². The van der Waals surface area contributed by atoms with Gasteiger partial charge in [0.05, 0.1) is 11.2 Å². The summed E-state index contributed by atoms with van der Waals surface area (Å²) >= 11 is 0. The number of hydrogen-bond acceptors (Lipinski definition) is 1. The Hall–Kier alpha value is -1.10. The largest absolute Gasteiger partial charge is 0.416 e. The fraction of sp³-hybridized carbons (Fsp3) is 0.538. The highest BCUT2D eigenvalue weighted by molar-refractivity contribution is 5.38. The van der Waals surface area contributed by atoms with Gasteiger partial charge in [0.25, 0.3) is 0 Å². The van der Waals surface area contributed by atoms with Crippen molar-refractivity contribution in [3.8, 4) is 0 Å². The maximum atomic E-state index is 13.7. The number of fused-ring (bicyclic) bond motifs is 1. The first-order valence-corrected chi connectivity index (χ1v) is 5.94. The summed E-state index contributed by atoms with van der Waals surface area (Å²) in [6.45, 7) is 0. The van der Waals surface area contributed by atoms with Gasteiger partial charge in [0.2, 0.25) is 0 Å². The number of benzene rings is 1. The van der Waals surface area contributed by atoms with Crippen LogP contribution in [0.1, 0.15) is 30.4 Å². The predicted molar refractivity (Wildman–Crippen MR) is 56.1 cm³/mol. The minimum Gasteiger partial charge on any atom is -0.384 e. The van der Waals surface area contributed by atoms with Crippen molar-refractivity contribution in [2.45, 2.75) is 31.0 Å². The van der Waals surface area contributed by atoms with Gasteiger partial charge in [-0.1, -0.05) is 6.42 Å². The van der Waals surface area contributed by atoms with Crippen LogP contribution in [0.3, 0.4) is 0 Å². The van der Waals surface area contributed by atoms with Crippen LogP contribution in [0.25, 0.3) is 0 Å². The number of aliphatic hydroxyl groups is 1. The SMILES string of the molecule is OC1(c2cc(C(F)(F)F)ccc2F)C2CCCC21. The summed E-state index contributed by atoms with van der Waals surface area (Å²) in [5.41, 5.74) is -2.46. The summed E-state index contributed by atoms with van der Waals surface area (Å²) in [7, 11) is 0. The Bertz CT molecular complexity index is 484. The van der Waals surface area contributed by atoms with Gasteiger partial charge in [-0.3, -0.25) is 0 Å². The highest BCUT2D eigenvalue weighted by Gasteiger charge is 2.67. The van der Waals surface area contributed by atoms with Crippen LogP contribution in [-0.2, 0) is 11.8 Å². The van der Waals surface area contributed by atoms with Crippen LogP contribution in [0.15, 0.2) is 18.2 Å². The van der Waals surface area contributed by atoms with E-state index in [9.17, 15) is 22.7 Å². The molecule has 98 valence electrons. The average Bonchev–Trinajstić information content (AvgIpc) is 2.68. The highest BCUT2D eigenvalue weighted by Crippen LogP contribution is 2.66. The first-order valence-electron chi connectivity index (χ1n) is 5.94. The van der Waals surface area contributed by atoms with Gasteiger partial charge in [-0.05, 0) is 42.9 Å². The monoisotopic (exact) mass is 260 g/mol. The molecule has 2 aliphatic rings. The van der Waals surface area contributed by atoms with Crippen LogP contribution in [0.4, 0.5) is 17.6 Å². The third-order valence-corrected chi connectivity index (χ3v) is 4.26. The van der Waals surface area contributed by atoms with E-state index in [2.05, 4.69) is 0 Å². The molecule has 0 amide bonds. The first-order chi connectivity index (χ1) is 8.35. The second kappa shape index (κ2) is 3.47. The van der Waals surface area contributed by atoms with Gasteiger partial charge in [0.1, 0.15) is 5.82 Å². The molecular weight excluding hydrogens is 248 g/mol. The summed E-state index contributed by atoms with van der Waals surface area (Å²) in [4.78, 5) is 0. The van der Waals surface area contributed by atoms with Crippen LogP contribution in [-0.4, -0.2) is 5.11 Å². The van der Waals surface area contributed by atoms with E-state index in [0.29, 0.717) is 6.07 Å². The molecule has 0 spiro atoms. The third kappa shape index (κ3) is 1.49. The van der Waals surface area contributed by atoms with E-state index in [4.69, 9.17) is 0 Å². The van der Waals surface area contributed by atoms with Crippen molar-refractivity contribution < 1.29 is 22.7 Å². The van der Waals surface area contributed by atoms with Crippen molar-refractivity contribution >= 4 is 0 Å². The molecule has 2 atom stereocenters. The highest BCUT2D eigenvalue weighted by atomic mass is 19.4. The predicted octanol–water partition coefficient (Wildman–Crippen LogP) is 3.46. The third-order valence-electron chi connectivity index (χ3n) is 4.26. The van der Waals surface area contributed by atoms with Crippen LogP contribution < -0.4 is 0 Å². The van der Waals surface area contributed by atoms with Crippen molar-refractivity contribution in [1.29, 1.82) is 0 Å². The zero-order valence-corrected chi connectivity index (χ0v) is 9.47. The lowest BCUT2D eigenvalue weighted by Gasteiger charge is -2.17. The van der Waals surface area contributed by atoms with Crippen molar-refractivity contribution in [2.75, 3.05) is 0 Å². The Morgan fingerprint density at radius 3 is 2.33 bits per heavy atom.